The molecule has 2 rings (SSSR count). The quantitative estimate of drug-likeness (QED) is 0.00744. The van der Waals surface area contributed by atoms with Crippen LogP contribution in [0.5, 0.6) is 0 Å². The number of ether oxygens (including phenoxy) is 4. The average molecular weight is 1470 g/mol. The van der Waals surface area contributed by atoms with Gasteiger partial charge >= 0.3 is 29.8 Å². The van der Waals surface area contributed by atoms with E-state index in [1.807, 2.05) is 12.2 Å². The predicted molar refractivity (Wildman–Crippen MR) is 415 cm³/mol. The lowest BCUT2D eigenvalue weighted by Gasteiger charge is -2.32. The van der Waals surface area contributed by atoms with Gasteiger partial charge in [0, 0.05) is 102 Å². The number of allylic oxidation sites excluding steroid dienone is 20. The first kappa shape index (κ1) is 97.0. The maximum Gasteiger partial charge on any atom is 0.340 e. The zero-order valence-corrected chi connectivity index (χ0v) is 63.6. The van der Waals surface area contributed by atoms with Crippen molar-refractivity contribution in [2.45, 2.75) is 169 Å². The van der Waals surface area contributed by atoms with Crippen molar-refractivity contribution >= 4 is 71.5 Å². The maximum atomic E-state index is 12.9. The summed E-state index contributed by atoms with van der Waals surface area (Å²) in [6.45, 7) is 10.1. The van der Waals surface area contributed by atoms with Gasteiger partial charge in [-0.1, -0.05) is 163 Å². The molecule has 0 saturated heterocycles. The number of hydrogen-bond donors (Lipinski definition) is 9. The molecule has 584 valence electrons. The summed E-state index contributed by atoms with van der Waals surface area (Å²) in [4.78, 5) is 115. The van der Waals surface area contributed by atoms with Crippen LogP contribution in [-0.2, 0) is 47.7 Å². The molecule has 28 nitrogen and oxygen atoms in total. The van der Waals surface area contributed by atoms with Crippen molar-refractivity contribution in [1.29, 1.82) is 10.8 Å². The summed E-state index contributed by atoms with van der Waals surface area (Å²) in [6.07, 6.45) is 57.3. The summed E-state index contributed by atoms with van der Waals surface area (Å²) in [5.74, 6) is -6.27. The molecule has 2 atom stereocenters. The number of nitrogens with two attached hydrogens (primary N) is 4. The third-order valence-corrected chi connectivity index (χ3v) is 13.8. The monoisotopic (exact) mass is 1470 g/mol. The second-order valence-electron chi connectivity index (χ2n) is 24.9. The highest BCUT2D eigenvalue weighted by molar-refractivity contribution is 5.94. The van der Waals surface area contributed by atoms with E-state index in [-0.39, 0.29) is 80.5 Å². The number of nitrogens with zero attached hydrogens (tertiary/aromatic N) is 6. The first-order valence-electron chi connectivity index (χ1n) is 35.1. The number of esters is 4. The van der Waals surface area contributed by atoms with E-state index in [0.29, 0.717) is 12.8 Å². The van der Waals surface area contributed by atoms with Gasteiger partial charge in [-0.2, -0.15) is 9.98 Å². The number of hydrogen-bond acceptors (Lipinski definition) is 17. The normalized spacial score (nSPS) is 12.6. The van der Waals surface area contributed by atoms with Crippen molar-refractivity contribution in [3.8, 4) is 0 Å². The van der Waals surface area contributed by atoms with E-state index in [1.54, 1.807) is 77.8 Å². The summed E-state index contributed by atoms with van der Waals surface area (Å²) in [7, 11) is 6.90. The molecule has 28 heteroatoms. The van der Waals surface area contributed by atoms with Gasteiger partial charge in [-0.25, -0.2) is 9.59 Å². The van der Waals surface area contributed by atoms with Crippen LogP contribution in [-0.4, -0.2) is 163 Å². The van der Waals surface area contributed by atoms with Crippen molar-refractivity contribution in [2.24, 2.45) is 43.7 Å². The van der Waals surface area contributed by atoms with E-state index in [9.17, 15) is 43.5 Å². The number of pyridine rings is 2. The summed E-state index contributed by atoms with van der Waals surface area (Å²) >= 11 is 0. The number of carbonyl (C=O) groups is 8. The zero-order valence-electron chi connectivity index (χ0n) is 63.6. The van der Waals surface area contributed by atoms with Gasteiger partial charge in [0.15, 0.2) is 24.1 Å². The number of amides is 2. The third kappa shape index (κ3) is 55.5. The van der Waals surface area contributed by atoms with E-state index in [4.69, 9.17) is 57.8 Å². The Bertz CT molecular complexity index is 3080. The van der Waals surface area contributed by atoms with Crippen LogP contribution in [0.4, 0.5) is 0 Å². The minimum absolute atomic E-state index is 0.138. The van der Waals surface area contributed by atoms with Crippen LogP contribution in [0.15, 0.2) is 181 Å². The van der Waals surface area contributed by atoms with E-state index in [2.05, 4.69) is 154 Å². The van der Waals surface area contributed by atoms with E-state index >= 15 is 0 Å². The van der Waals surface area contributed by atoms with Crippen molar-refractivity contribution in [1.82, 2.24) is 30.4 Å². The van der Waals surface area contributed by atoms with Gasteiger partial charge in [-0.3, -0.25) is 44.8 Å². The highest BCUT2D eigenvalue weighted by Crippen LogP contribution is 2.28. The van der Waals surface area contributed by atoms with Crippen molar-refractivity contribution in [3.63, 3.8) is 0 Å². The van der Waals surface area contributed by atoms with E-state index in [0.717, 1.165) is 77.0 Å². The lowest BCUT2D eigenvalue weighted by atomic mass is 9.86. The molecule has 0 aliphatic carbocycles. The molecule has 0 bridgehead atoms. The highest BCUT2D eigenvalue weighted by Gasteiger charge is 2.41. The number of guanidine groups is 4. The fourth-order valence-corrected chi connectivity index (χ4v) is 7.96. The van der Waals surface area contributed by atoms with E-state index in [1.165, 1.54) is 36.9 Å². The smallest absolute Gasteiger partial charge is 0.340 e. The Kier molecular flexibility index (Phi) is 56.2. The molecule has 0 radical (unpaired) electrons. The maximum absolute atomic E-state index is 12.9. The minimum Gasteiger partial charge on any atom is -0.550 e. The second kappa shape index (κ2) is 61.4. The van der Waals surface area contributed by atoms with Crippen LogP contribution in [0.25, 0.3) is 0 Å². The second-order valence-corrected chi connectivity index (χ2v) is 24.9. The van der Waals surface area contributed by atoms with Crippen molar-refractivity contribution < 1.29 is 67.5 Å². The largest absolute Gasteiger partial charge is 0.550 e. The van der Waals surface area contributed by atoms with Gasteiger partial charge in [0.25, 0.3) is 11.8 Å². The predicted octanol–water partition coefficient (Wildman–Crippen LogP) is 9.56. The molecule has 2 aromatic rings. The van der Waals surface area contributed by atoms with Crippen LogP contribution in [0.3, 0.4) is 0 Å². The number of aliphatic imine (C=N–C) groups is 2. The standard InChI is InChI=1S/2C35H48N2O7.2C4H11N5/c2*1-4-5-6-7-8-9-10-11-12-13-14-15-16-17-18-19-20-23-31(40)43-28-35(2,3)32(33(41)37-26-24-30(38)39)44-34(42)29-22-21-25-36-27-29;2*1-9(2)4(7)8-3(5)6/h2*5-6,8-9,11-12,14-15,17-18,21-22,25,27,32H,4,7,10,13,16,19-20,23-24,26,28H2,1-3H3,(H,37,41)(H,38,39);2*1-2H3,(H5,5,6,7,8)/p-1/b2*6-5-,9-8-,12-11-,15-14-,18-17-;;/t2*32-;;/m00../s1. The third-order valence-electron chi connectivity index (χ3n) is 13.8. The lowest BCUT2D eigenvalue weighted by Crippen LogP contribution is -2.49. The number of carboxylic acids is 2. The molecular formula is C78H117N14O14-. The molecule has 0 unspecified atom stereocenters. The Morgan fingerprint density at radius 1 is 0.509 bits per heavy atom. The first-order chi connectivity index (χ1) is 50.4. The molecule has 2 heterocycles. The molecule has 2 aromatic heterocycles. The number of nitrogens with one attached hydrogen (secondary N) is 4. The zero-order chi connectivity index (χ0) is 79.8. The van der Waals surface area contributed by atoms with Gasteiger partial charge in [0.05, 0.1) is 17.5 Å². The van der Waals surface area contributed by atoms with Gasteiger partial charge in [-0.05, 0) is 114 Å². The minimum atomic E-state index is -1.36. The van der Waals surface area contributed by atoms with Crippen LogP contribution in [0.2, 0.25) is 0 Å². The SMILES string of the molecule is CC/C=C\C/C=C\C/C=C\C/C=C\C/C=C\CCCC(=O)OCC(C)(C)[C@@H](OC(=O)c1cccnc1)C(=O)NCCC(=O)O.CC/C=C\C/C=C\C/C=C\C/C=C\C/C=C\CCCC(=O)OCC(C)(C)[C@@H](OC(=O)c1cccnc1)C(=O)NCCC(=O)[O-].CN(C)C(N)=NC(=N)N.CN(C)C(N)=NC(=N)N. The summed E-state index contributed by atoms with van der Waals surface area (Å²) in [6, 6.07) is 6.10. The molecule has 0 saturated carbocycles. The van der Waals surface area contributed by atoms with Gasteiger partial charge < -0.3 is 77.3 Å². The number of aliphatic carboxylic acids is 2. The molecule has 106 heavy (non-hydrogen) atoms. The average Bonchev–Trinajstić information content (AvgIpc) is 0.834. The molecule has 0 spiro atoms. The number of aromatic nitrogens is 2. The van der Waals surface area contributed by atoms with Gasteiger partial charge in [0.2, 0.25) is 11.9 Å². The number of rotatable bonds is 44. The Labute approximate surface area is 626 Å². The van der Waals surface area contributed by atoms with Gasteiger partial charge in [0.1, 0.15) is 13.2 Å². The number of carbonyl (C=O) groups excluding carboxylic acids is 7. The Morgan fingerprint density at radius 3 is 1.07 bits per heavy atom. The van der Waals surface area contributed by atoms with Crippen LogP contribution in [0.1, 0.15) is 178 Å². The van der Waals surface area contributed by atoms with Gasteiger partial charge in [-0.15, -0.1) is 0 Å². The molecule has 0 fully saturated rings. The lowest BCUT2D eigenvalue weighted by molar-refractivity contribution is -0.305. The molecule has 0 aliphatic heterocycles. The molecular weight excluding hydrogens is 1360 g/mol. The molecule has 0 aromatic carbocycles. The highest BCUT2D eigenvalue weighted by atomic mass is 16.6. The summed E-state index contributed by atoms with van der Waals surface area (Å²) in [5.41, 5.74) is 18.5. The molecule has 0 aliphatic rings. The Morgan fingerprint density at radius 2 is 0.811 bits per heavy atom. The van der Waals surface area contributed by atoms with Crippen molar-refractivity contribution in [2.75, 3.05) is 54.5 Å². The first-order valence-corrected chi connectivity index (χ1v) is 35.1. The Hall–Kier alpha value is -11.1. The van der Waals surface area contributed by atoms with Crippen LogP contribution >= 0.6 is 0 Å². The summed E-state index contributed by atoms with van der Waals surface area (Å²) in [5, 5.41) is 37.9. The fourth-order valence-electron chi connectivity index (χ4n) is 7.96. The van der Waals surface area contributed by atoms with E-state index < -0.39 is 77.1 Å². The Balaban J connectivity index is 0. The topological polar surface area (TPSA) is 450 Å². The number of unbranched alkanes of at least 4 members (excludes halogenated alkanes) is 2. The van der Waals surface area contributed by atoms with Crippen LogP contribution < -0.4 is 38.7 Å². The number of carboxylic acid groups (broad SMARTS) is 2. The molecule has 13 N–H and O–H groups in total. The van der Waals surface area contributed by atoms with Crippen LogP contribution in [0, 0.1) is 21.6 Å². The molecule has 2 amide bonds. The fraction of sp³-hybridized carbons (Fsp3) is 0.462. The van der Waals surface area contributed by atoms with Crippen molar-refractivity contribution in [3.05, 3.63) is 182 Å². The summed E-state index contributed by atoms with van der Waals surface area (Å²) < 4.78 is 21.8.